The molecule has 2 heterocycles. The Morgan fingerprint density at radius 2 is 1.62 bits per heavy atom. The predicted molar refractivity (Wildman–Crippen MR) is 113 cm³/mol. The summed E-state index contributed by atoms with van der Waals surface area (Å²) in [6.07, 6.45) is 5.33. The van der Waals surface area contributed by atoms with Crippen LogP contribution in [0.2, 0.25) is 0 Å². The van der Waals surface area contributed by atoms with Crippen LogP contribution in [0.25, 0.3) is 11.1 Å². The lowest BCUT2D eigenvalue weighted by atomic mass is 9.90. The van der Waals surface area contributed by atoms with E-state index in [1.807, 2.05) is 11.0 Å². The Hall–Kier alpha value is -2.85. The second-order valence-electron chi connectivity index (χ2n) is 8.03. The molecule has 3 aliphatic rings. The number of amides is 1. The highest BCUT2D eigenvalue weighted by Gasteiger charge is 2.41. The fourth-order valence-electron chi connectivity index (χ4n) is 5.07. The van der Waals surface area contributed by atoms with Crippen LogP contribution in [-0.4, -0.2) is 42.9 Å². The number of ether oxygens (including phenoxy) is 2. The van der Waals surface area contributed by atoms with E-state index in [1.54, 1.807) is 0 Å². The lowest BCUT2D eigenvalue weighted by Gasteiger charge is -2.45. The highest BCUT2D eigenvalue weighted by atomic mass is 16.6. The number of benzene rings is 2. The van der Waals surface area contributed by atoms with Crippen LogP contribution in [0.4, 0.5) is 4.79 Å². The quantitative estimate of drug-likeness (QED) is 0.751. The van der Waals surface area contributed by atoms with Crippen LogP contribution in [0.5, 0.6) is 0 Å². The van der Waals surface area contributed by atoms with Crippen LogP contribution in [0, 0.1) is 0 Å². The number of hydrogen-bond donors (Lipinski definition) is 0. The maximum Gasteiger partial charge on any atom is 0.410 e. The number of carbonyl (C=O) groups is 1. The first-order valence-corrected chi connectivity index (χ1v) is 10.3. The molecule has 1 amide bonds. The molecule has 148 valence electrons. The van der Waals surface area contributed by atoms with Crippen molar-refractivity contribution in [2.45, 2.75) is 30.8 Å². The molecule has 0 spiro atoms. The van der Waals surface area contributed by atoms with E-state index in [2.05, 4.69) is 61.2 Å². The van der Waals surface area contributed by atoms with Crippen molar-refractivity contribution >= 4 is 6.09 Å². The van der Waals surface area contributed by atoms with Crippen LogP contribution >= 0.6 is 0 Å². The van der Waals surface area contributed by atoms with Gasteiger partial charge in [-0.25, -0.2) is 4.79 Å². The minimum atomic E-state index is -0.220. The molecule has 4 nitrogen and oxygen atoms in total. The third-order valence-electron chi connectivity index (χ3n) is 6.30. The third-order valence-corrected chi connectivity index (χ3v) is 6.30. The summed E-state index contributed by atoms with van der Waals surface area (Å²) < 4.78 is 11.6. The summed E-state index contributed by atoms with van der Waals surface area (Å²) in [6, 6.07) is 16.9. The molecule has 2 unspecified atom stereocenters. The molecule has 0 N–H and O–H groups in total. The van der Waals surface area contributed by atoms with E-state index >= 15 is 0 Å². The van der Waals surface area contributed by atoms with Crippen LogP contribution in [0.15, 0.2) is 72.8 Å². The fourth-order valence-corrected chi connectivity index (χ4v) is 5.07. The molecule has 2 aromatic rings. The van der Waals surface area contributed by atoms with Crippen molar-refractivity contribution in [2.75, 3.05) is 19.8 Å². The van der Waals surface area contributed by atoms with Crippen molar-refractivity contribution in [1.29, 1.82) is 0 Å². The van der Waals surface area contributed by atoms with E-state index in [0.29, 0.717) is 19.8 Å². The highest BCUT2D eigenvalue weighted by molar-refractivity contribution is 5.79. The Balaban J connectivity index is 1.34. The van der Waals surface area contributed by atoms with Gasteiger partial charge in [0.25, 0.3) is 0 Å². The summed E-state index contributed by atoms with van der Waals surface area (Å²) in [6.45, 7) is 5.29. The molecule has 0 saturated carbocycles. The summed E-state index contributed by atoms with van der Waals surface area (Å²) in [4.78, 5) is 15.0. The number of piperidine rings is 1. The SMILES string of the molecule is C=CC=C1CC2COCC(C1)N2C(=O)OCC1c2ccccc2-c2ccccc21. The average molecular weight is 387 g/mol. The summed E-state index contributed by atoms with van der Waals surface area (Å²) in [5.41, 5.74) is 6.29. The number of hydrogen-bond acceptors (Lipinski definition) is 3. The fraction of sp³-hybridized carbons (Fsp3) is 0.320. The molecule has 2 fully saturated rings. The van der Waals surface area contributed by atoms with Gasteiger partial charge in [0.05, 0.1) is 25.3 Å². The van der Waals surface area contributed by atoms with Gasteiger partial charge in [-0.2, -0.15) is 0 Å². The van der Waals surface area contributed by atoms with Gasteiger partial charge in [0.1, 0.15) is 6.61 Å². The number of carbonyl (C=O) groups excluding carboxylic acids is 1. The number of rotatable bonds is 3. The molecular weight excluding hydrogens is 362 g/mol. The Labute approximate surface area is 171 Å². The van der Waals surface area contributed by atoms with E-state index in [4.69, 9.17) is 9.47 Å². The van der Waals surface area contributed by atoms with E-state index in [9.17, 15) is 4.79 Å². The monoisotopic (exact) mass is 387 g/mol. The highest BCUT2D eigenvalue weighted by Crippen LogP contribution is 2.44. The molecule has 1 aliphatic carbocycles. The molecule has 5 rings (SSSR count). The summed E-state index contributed by atoms with van der Waals surface area (Å²) in [5, 5.41) is 0. The van der Waals surface area contributed by atoms with E-state index in [1.165, 1.54) is 27.8 Å². The number of allylic oxidation sites excluding steroid dienone is 2. The third kappa shape index (κ3) is 3.18. The lowest BCUT2D eigenvalue weighted by molar-refractivity contribution is -0.0549. The maximum atomic E-state index is 13.1. The van der Waals surface area contributed by atoms with Crippen molar-refractivity contribution < 1.29 is 14.3 Å². The van der Waals surface area contributed by atoms with Gasteiger partial charge in [-0.3, -0.25) is 4.90 Å². The first-order valence-electron chi connectivity index (χ1n) is 10.3. The summed E-state index contributed by atoms with van der Waals surface area (Å²) >= 11 is 0. The van der Waals surface area contributed by atoms with Gasteiger partial charge < -0.3 is 9.47 Å². The molecule has 0 radical (unpaired) electrons. The second kappa shape index (κ2) is 7.53. The smallest absolute Gasteiger partial charge is 0.410 e. The molecule has 2 bridgehead atoms. The maximum absolute atomic E-state index is 13.1. The summed E-state index contributed by atoms with van der Waals surface area (Å²) in [5.74, 6) is 0.0865. The molecule has 29 heavy (non-hydrogen) atoms. The molecule has 2 atom stereocenters. The Morgan fingerprint density at radius 3 is 2.21 bits per heavy atom. The average Bonchev–Trinajstić information content (AvgIpc) is 3.05. The van der Waals surface area contributed by atoms with Crippen molar-refractivity contribution in [3.8, 4) is 11.1 Å². The van der Waals surface area contributed by atoms with Gasteiger partial charge in [-0.15, -0.1) is 0 Å². The zero-order valence-corrected chi connectivity index (χ0v) is 16.4. The van der Waals surface area contributed by atoms with Gasteiger partial charge in [0.15, 0.2) is 0 Å². The van der Waals surface area contributed by atoms with Crippen molar-refractivity contribution in [2.24, 2.45) is 0 Å². The molecule has 2 aliphatic heterocycles. The van der Waals surface area contributed by atoms with Crippen molar-refractivity contribution in [3.05, 3.63) is 84.0 Å². The predicted octanol–water partition coefficient (Wildman–Crippen LogP) is 4.91. The Morgan fingerprint density at radius 1 is 1.03 bits per heavy atom. The molecule has 4 heteroatoms. The van der Waals surface area contributed by atoms with E-state index in [0.717, 1.165) is 12.8 Å². The minimum absolute atomic E-state index is 0.0457. The second-order valence-corrected chi connectivity index (χ2v) is 8.03. The lowest BCUT2D eigenvalue weighted by Crippen LogP contribution is -2.58. The number of fused-ring (bicyclic) bond motifs is 5. The number of nitrogens with zero attached hydrogens (tertiary/aromatic N) is 1. The summed E-state index contributed by atoms with van der Waals surface area (Å²) in [7, 11) is 0. The van der Waals surface area contributed by atoms with Crippen molar-refractivity contribution in [1.82, 2.24) is 4.90 Å². The molecule has 2 aromatic carbocycles. The van der Waals surface area contributed by atoms with Crippen LogP contribution in [0.1, 0.15) is 29.9 Å². The van der Waals surface area contributed by atoms with Gasteiger partial charge >= 0.3 is 6.09 Å². The first-order chi connectivity index (χ1) is 14.3. The molecule has 2 saturated heterocycles. The van der Waals surface area contributed by atoms with Crippen LogP contribution in [-0.2, 0) is 9.47 Å². The number of morpholine rings is 1. The Kier molecular flexibility index (Phi) is 4.72. The van der Waals surface area contributed by atoms with E-state index in [-0.39, 0.29) is 24.1 Å². The first kappa shape index (κ1) is 18.2. The largest absolute Gasteiger partial charge is 0.448 e. The topological polar surface area (TPSA) is 38.8 Å². The Bertz CT molecular complexity index is 918. The zero-order valence-electron chi connectivity index (χ0n) is 16.4. The van der Waals surface area contributed by atoms with Crippen LogP contribution in [0.3, 0.4) is 0 Å². The molecule has 0 aromatic heterocycles. The van der Waals surface area contributed by atoms with Crippen LogP contribution < -0.4 is 0 Å². The van der Waals surface area contributed by atoms with Gasteiger partial charge in [-0.1, -0.05) is 72.8 Å². The molecular formula is C25H25NO3. The minimum Gasteiger partial charge on any atom is -0.448 e. The van der Waals surface area contributed by atoms with Crippen molar-refractivity contribution in [3.63, 3.8) is 0 Å². The normalized spacial score (nSPS) is 22.6. The standard InChI is InChI=1S/C25H25NO3/c1-2-7-17-12-18-14-28-15-19(13-17)26(18)25(27)29-16-24-22-10-5-3-8-20(22)21-9-4-6-11-23(21)24/h2-11,18-19,24H,1,12-16H2. The van der Waals surface area contributed by atoms with E-state index < -0.39 is 0 Å². The zero-order chi connectivity index (χ0) is 19.8. The van der Waals surface area contributed by atoms with Gasteiger partial charge in [-0.05, 0) is 35.1 Å². The van der Waals surface area contributed by atoms with Gasteiger partial charge in [0, 0.05) is 5.92 Å². The van der Waals surface area contributed by atoms with Gasteiger partial charge in [0.2, 0.25) is 0 Å².